The lowest BCUT2D eigenvalue weighted by molar-refractivity contribution is -0.139. The molecule has 2 rings (SSSR count). The number of amides is 4. The second kappa shape index (κ2) is 38.8. The molecule has 20 heteroatoms. The van der Waals surface area contributed by atoms with Crippen LogP contribution in [0.15, 0.2) is 36.4 Å². The third-order valence-corrected chi connectivity index (χ3v) is 16.3. The van der Waals surface area contributed by atoms with Gasteiger partial charge < -0.3 is 77.6 Å². The maximum atomic E-state index is 14.4. The van der Waals surface area contributed by atoms with Crippen LogP contribution in [-0.4, -0.2) is 133 Å². The number of carboxylic acids is 1. The third kappa shape index (κ3) is 28.0. The van der Waals surface area contributed by atoms with Crippen molar-refractivity contribution in [2.24, 2.45) is 92.8 Å². The number of benzene rings is 2. The van der Waals surface area contributed by atoms with Crippen molar-refractivity contribution in [2.75, 3.05) is 68.0 Å². The van der Waals surface area contributed by atoms with Crippen molar-refractivity contribution >= 4 is 29.6 Å². The van der Waals surface area contributed by atoms with Crippen LogP contribution >= 0.6 is 0 Å². The third-order valence-electron chi connectivity index (χ3n) is 16.3. The van der Waals surface area contributed by atoms with Crippen molar-refractivity contribution in [1.82, 2.24) is 10.6 Å². The van der Waals surface area contributed by atoms with E-state index in [2.05, 4.69) is 38.3 Å². The molecule has 0 aromatic heterocycles. The van der Waals surface area contributed by atoms with E-state index in [-0.39, 0.29) is 79.2 Å². The van der Waals surface area contributed by atoms with Crippen LogP contribution in [0.4, 0.5) is 0 Å². The first-order valence-corrected chi connectivity index (χ1v) is 30.5. The van der Waals surface area contributed by atoms with E-state index < -0.39 is 70.8 Å². The van der Waals surface area contributed by atoms with E-state index >= 15 is 0 Å². The van der Waals surface area contributed by atoms with E-state index in [4.69, 9.17) is 66.9 Å². The Balaban J connectivity index is 0.00000418. The normalized spacial score (nSPS) is 15.2. The van der Waals surface area contributed by atoms with E-state index in [1.807, 2.05) is 64.1 Å². The number of methoxy groups -OCH3 is 4. The van der Waals surface area contributed by atoms with Gasteiger partial charge in [0, 0.05) is 77.3 Å². The molecule has 9 atom stereocenters. The first-order valence-electron chi connectivity index (χ1n) is 30.5. The van der Waals surface area contributed by atoms with E-state index in [0.29, 0.717) is 75.1 Å². The molecular weight excluding hydrogens is 1090 g/mol. The highest BCUT2D eigenvalue weighted by atomic mass is 16.5. The molecule has 13 N–H and O–H groups in total. The van der Waals surface area contributed by atoms with Crippen molar-refractivity contribution in [1.29, 1.82) is 0 Å². The van der Waals surface area contributed by atoms with Crippen molar-refractivity contribution in [2.45, 2.75) is 179 Å². The second-order valence-electron chi connectivity index (χ2n) is 26.0. The van der Waals surface area contributed by atoms with Crippen molar-refractivity contribution in [3.05, 3.63) is 47.5 Å². The molecule has 20 nitrogen and oxygen atoms in total. The number of carbonyl (C=O) groups is 5. The molecule has 0 aliphatic carbocycles. The summed E-state index contributed by atoms with van der Waals surface area (Å²) in [5.74, 6) is -0.882. The topological polar surface area (TPSA) is 324 Å². The zero-order chi connectivity index (χ0) is 64.9. The number of carboxylic acid groups (broad SMARTS) is 1. The van der Waals surface area contributed by atoms with Crippen LogP contribution in [0.25, 0.3) is 0 Å². The SMILES string of the molecule is CC(C)[C@H](N)C(=O)O.COCCCOc1cc(C[C@@H](C[C@H](N)[C@H](C[C@H](C(=O)NCC(C)(C)C(N)=O)C(C)C)O[C@@H](C[C@H](C(=O)NCC(C)(C)C(N)=O)C(C)C)[C@@H](N)C[C@H](Cc2ccc(OC)c(OCCCOC)c2)C(C)C)C(C)C)ccc1OC. The predicted octanol–water partition coefficient (Wildman–Crippen LogP) is 7.69. The molecule has 488 valence electrons. The molecule has 0 saturated carbocycles. The highest BCUT2D eigenvalue weighted by molar-refractivity contribution is 5.84. The molecule has 0 heterocycles. The van der Waals surface area contributed by atoms with Crippen molar-refractivity contribution in [3.63, 3.8) is 0 Å². The molecule has 0 radical (unpaired) electrons. The van der Waals surface area contributed by atoms with Gasteiger partial charge >= 0.3 is 5.97 Å². The number of carbonyl (C=O) groups excluding carboxylic acids is 4. The number of aliphatic carboxylic acids is 1. The predicted molar refractivity (Wildman–Crippen MR) is 336 cm³/mol. The average molecular weight is 1200 g/mol. The number of hydrogen-bond donors (Lipinski definition) is 8. The number of hydrogen-bond acceptors (Lipinski definition) is 15. The van der Waals surface area contributed by atoms with Gasteiger partial charge in [-0.2, -0.15) is 0 Å². The summed E-state index contributed by atoms with van der Waals surface area (Å²) in [5.41, 5.74) is 31.8. The zero-order valence-corrected chi connectivity index (χ0v) is 55.2. The van der Waals surface area contributed by atoms with Crippen LogP contribution in [0, 0.1) is 64.1 Å². The van der Waals surface area contributed by atoms with Crippen LogP contribution in [0.5, 0.6) is 23.0 Å². The van der Waals surface area contributed by atoms with E-state index in [0.717, 1.165) is 24.0 Å². The van der Waals surface area contributed by atoms with Crippen molar-refractivity contribution in [3.8, 4) is 23.0 Å². The van der Waals surface area contributed by atoms with Gasteiger partial charge in [-0.15, -0.1) is 0 Å². The highest BCUT2D eigenvalue weighted by Gasteiger charge is 2.39. The van der Waals surface area contributed by atoms with Gasteiger partial charge in [0.25, 0.3) is 0 Å². The summed E-state index contributed by atoms with van der Waals surface area (Å²) in [7, 11) is 6.57. The number of nitrogens with one attached hydrogen (secondary N) is 2. The summed E-state index contributed by atoms with van der Waals surface area (Å²) in [6, 6.07) is 10.1. The maximum absolute atomic E-state index is 14.4. The zero-order valence-electron chi connectivity index (χ0n) is 55.2. The minimum Gasteiger partial charge on any atom is -0.493 e. The molecule has 0 aliphatic rings. The monoisotopic (exact) mass is 1200 g/mol. The lowest BCUT2D eigenvalue weighted by Crippen LogP contribution is -2.51. The standard InChI is InChI=1S/C60H104N6O11.C5H11NO2/c1-37(2)43(27-41-19-21-49(73-15)53(29-41)75-25-17-23-71-13)31-47(61)51(33-45(39(5)6)55(67)65-35-59(9,10)57(63)69)77-52(34-46(40(7)8)56(68)66-36-60(11,12)58(64)70)48(62)32-44(38(3)4)28-42-20-22-50(74-16)54(30-42)76-26-18-24-72-14;1-3(2)4(6)5(7)8/h19-22,29-30,37-40,43-48,51-52H,17-18,23-28,31-36,61-62H2,1-16H3,(H2,63,69)(H2,64,70)(H,65,67)(H,66,68);3-4H,6H2,1-2H3,(H,7,8)/t43-,44-,45-,46-,47-,48-,51-,52-;4-/m00/s1. The quantitative estimate of drug-likeness (QED) is 0.0295. The Morgan fingerprint density at radius 3 is 1.12 bits per heavy atom. The Morgan fingerprint density at radius 2 is 0.859 bits per heavy atom. The average Bonchev–Trinajstić information content (AvgIpc) is 3.61. The molecule has 2 aromatic carbocycles. The molecule has 4 amide bonds. The Bertz CT molecular complexity index is 2150. The lowest BCUT2D eigenvalue weighted by atomic mass is 9.79. The van der Waals surface area contributed by atoms with Crippen LogP contribution in [0.3, 0.4) is 0 Å². The Hall–Kier alpha value is -5.25. The van der Waals surface area contributed by atoms with Gasteiger partial charge in [-0.3, -0.25) is 24.0 Å². The minimum atomic E-state index is -0.987. The van der Waals surface area contributed by atoms with Crippen LogP contribution in [0.2, 0.25) is 0 Å². The van der Waals surface area contributed by atoms with Gasteiger partial charge in [0.15, 0.2) is 23.0 Å². The van der Waals surface area contributed by atoms with Gasteiger partial charge in [-0.25, -0.2) is 0 Å². The number of ether oxygens (including phenoxy) is 7. The summed E-state index contributed by atoms with van der Waals surface area (Å²) >= 11 is 0. The van der Waals surface area contributed by atoms with Gasteiger partial charge in [0.2, 0.25) is 23.6 Å². The maximum Gasteiger partial charge on any atom is 0.320 e. The lowest BCUT2D eigenvalue weighted by Gasteiger charge is -2.39. The van der Waals surface area contributed by atoms with Gasteiger partial charge in [0.05, 0.1) is 50.5 Å². The first kappa shape index (κ1) is 77.8. The fourth-order valence-corrected chi connectivity index (χ4v) is 9.57. The summed E-state index contributed by atoms with van der Waals surface area (Å²) in [6.07, 6.45) is 2.88. The Kier molecular flexibility index (Phi) is 35.5. The molecule has 0 spiro atoms. The fraction of sp³-hybridized carbons (Fsp3) is 0.738. The van der Waals surface area contributed by atoms with Gasteiger partial charge in [-0.05, 0) is 143 Å². The molecule has 0 aliphatic heterocycles. The first-order chi connectivity index (χ1) is 39.7. The molecule has 0 saturated heterocycles. The van der Waals surface area contributed by atoms with Crippen LogP contribution in [0.1, 0.15) is 147 Å². The van der Waals surface area contributed by atoms with Crippen LogP contribution < -0.4 is 58.2 Å². The smallest absolute Gasteiger partial charge is 0.320 e. The number of rotatable bonds is 42. The minimum absolute atomic E-state index is 0.0208. The highest BCUT2D eigenvalue weighted by Crippen LogP contribution is 2.36. The summed E-state index contributed by atoms with van der Waals surface area (Å²) < 4.78 is 41.6. The summed E-state index contributed by atoms with van der Waals surface area (Å²) in [5, 5.41) is 14.3. The molecular formula is C65H115N7O13. The molecule has 0 unspecified atom stereocenters. The molecule has 0 fully saturated rings. The Labute approximate surface area is 510 Å². The molecule has 85 heavy (non-hydrogen) atoms. The summed E-state index contributed by atoms with van der Waals surface area (Å²) in [4.78, 5) is 63.5. The van der Waals surface area contributed by atoms with E-state index in [1.54, 1.807) is 70.0 Å². The van der Waals surface area contributed by atoms with Crippen LogP contribution in [-0.2, 0) is 51.0 Å². The Morgan fingerprint density at radius 1 is 0.506 bits per heavy atom. The van der Waals surface area contributed by atoms with E-state index in [1.165, 1.54) is 0 Å². The number of primary amides is 2. The van der Waals surface area contributed by atoms with Gasteiger partial charge in [-0.1, -0.05) is 81.4 Å². The second-order valence-corrected chi connectivity index (χ2v) is 26.0. The van der Waals surface area contributed by atoms with Gasteiger partial charge in [0.1, 0.15) is 6.04 Å². The van der Waals surface area contributed by atoms with E-state index in [9.17, 15) is 24.0 Å². The fourth-order valence-electron chi connectivity index (χ4n) is 9.57. The molecule has 2 aromatic rings. The number of nitrogens with two attached hydrogens (primary N) is 5. The molecule has 0 bridgehead atoms. The van der Waals surface area contributed by atoms with Crippen molar-refractivity contribution < 1.29 is 62.2 Å². The largest absolute Gasteiger partial charge is 0.493 e. The summed E-state index contributed by atoms with van der Waals surface area (Å²) in [6.45, 7) is 29.2.